The third-order valence-electron chi connectivity index (χ3n) is 5.79. The van der Waals surface area contributed by atoms with Crippen LogP contribution in [0.15, 0.2) is 58.2 Å². The van der Waals surface area contributed by atoms with Gasteiger partial charge in [-0.05, 0) is 49.2 Å². The molecule has 0 radical (unpaired) electrons. The van der Waals surface area contributed by atoms with Crippen LogP contribution in [0, 0.1) is 0 Å². The van der Waals surface area contributed by atoms with E-state index in [1.54, 1.807) is 19.1 Å². The van der Waals surface area contributed by atoms with Crippen LogP contribution in [0.5, 0.6) is 0 Å². The first-order valence-corrected chi connectivity index (χ1v) is 13.8. The summed E-state index contributed by atoms with van der Waals surface area (Å²) < 4.78 is 28.9. The van der Waals surface area contributed by atoms with Crippen LogP contribution in [0.25, 0.3) is 0 Å². The number of aromatic nitrogens is 2. The van der Waals surface area contributed by atoms with Crippen molar-refractivity contribution in [2.24, 2.45) is 5.73 Å². The van der Waals surface area contributed by atoms with Crippen molar-refractivity contribution >= 4 is 72.4 Å². The van der Waals surface area contributed by atoms with E-state index in [4.69, 9.17) is 28.9 Å². The summed E-state index contributed by atoms with van der Waals surface area (Å²) in [6, 6.07) is 12.1. The zero-order chi connectivity index (χ0) is 25.5. The zero-order valence-electron chi connectivity index (χ0n) is 18.5. The number of halogens is 3. The van der Waals surface area contributed by atoms with Crippen LogP contribution in [0.3, 0.4) is 0 Å². The fourth-order valence-electron chi connectivity index (χ4n) is 4.19. The van der Waals surface area contributed by atoms with Gasteiger partial charge < -0.3 is 5.73 Å². The highest BCUT2D eigenvalue weighted by atomic mass is 79.9. The normalized spacial score (nSPS) is 17.6. The molecule has 2 heterocycles. The summed E-state index contributed by atoms with van der Waals surface area (Å²) in [4.78, 5) is 30.7. The maximum absolute atomic E-state index is 13.9. The number of amides is 2. The number of carbonyl (C=O) groups excluding carboxylic acids is 2. The predicted molar refractivity (Wildman–Crippen MR) is 138 cm³/mol. The van der Waals surface area contributed by atoms with Crippen LogP contribution < -0.4 is 10.6 Å². The van der Waals surface area contributed by atoms with E-state index in [-0.39, 0.29) is 41.9 Å². The van der Waals surface area contributed by atoms with Crippen LogP contribution in [0.4, 0.5) is 11.6 Å². The quantitative estimate of drug-likeness (QED) is 0.405. The average Bonchev–Trinajstić information content (AvgIpc) is 3.28. The number of sulfone groups is 1. The molecule has 1 aliphatic rings. The number of hydrogen-bond acceptors (Lipinski definition) is 5. The van der Waals surface area contributed by atoms with Crippen LogP contribution >= 0.6 is 39.1 Å². The molecule has 0 spiro atoms. The van der Waals surface area contributed by atoms with E-state index in [1.807, 2.05) is 24.3 Å². The Hall–Kier alpha value is -2.40. The van der Waals surface area contributed by atoms with Gasteiger partial charge in [0.05, 0.1) is 17.6 Å². The molecule has 35 heavy (non-hydrogen) atoms. The van der Waals surface area contributed by atoms with Crippen molar-refractivity contribution in [2.75, 3.05) is 10.7 Å². The van der Waals surface area contributed by atoms with Crippen molar-refractivity contribution in [1.82, 2.24) is 9.55 Å². The number of primary amides is 1. The van der Waals surface area contributed by atoms with Crippen LogP contribution in [0.1, 0.15) is 25.3 Å². The van der Waals surface area contributed by atoms with Gasteiger partial charge in [0.2, 0.25) is 11.9 Å². The minimum atomic E-state index is -3.90. The summed E-state index contributed by atoms with van der Waals surface area (Å²) in [5.41, 5.74) is 5.05. The van der Waals surface area contributed by atoms with Crippen molar-refractivity contribution in [3.63, 3.8) is 0 Å². The number of benzene rings is 2. The largest absolute Gasteiger partial charge is 0.370 e. The van der Waals surface area contributed by atoms with Crippen LogP contribution in [-0.2, 0) is 31.4 Å². The molecule has 1 unspecified atom stereocenters. The lowest BCUT2D eigenvalue weighted by atomic mass is 9.92. The number of fused-ring (bicyclic) bond motifs is 1. The van der Waals surface area contributed by atoms with Crippen LogP contribution in [-0.4, -0.2) is 35.5 Å². The molecule has 0 bridgehead atoms. The highest BCUT2D eigenvalue weighted by molar-refractivity contribution is 9.10. The van der Waals surface area contributed by atoms with Crippen LogP contribution in [0.2, 0.25) is 10.0 Å². The van der Waals surface area contributed by atoms with Gasteiger partial charge in [-0.15, -0.1) is 0 Å². The van der Waals surface area contributed by atoms with Crippen molar-refractivity contribution < 1.29 is 18.0 Å². The van der Waals surface area contributed by atoms with E-state index in [9.17, 15) is 18.0 Å². The Morgan fingerprint density at radius 3 is 2.37 bits per heavy atom. The molecule has 2 amide bonds. The number of nitrogens with zero attached hydrogens (tertiary/aromatic N) is 3. The second-order valence-corrected chi connectivity index (χ2v) is 12.3. The molecular weight excluding hydrogens is 579 g/mol. The van der Waals surface area contributed by atoms with Gasteiger partial charge in [-0.2, -0.15) is 0 Å². The predicted octanol–water partition coefficient (Wildman–Crippen LogP) is 4.63. The summed E-state index contributed by atoms with van der Waals surface area (Å²) >= 11 is 15.8. The Morgan fingerprint density at radius 2 is 1.77 bits per heavy atom. The van der Waals surface area contributed by atoms with Gasteiger partial charge in [-0.3, -0.25) is 14.2 Å². The van der Waals surface area contributed by atoms with E-state index < -0.39 is 21.3 Å². The molecule has 0 saturated heterocycles. The molecule has 1 aliphatic heterocycles. The van der Waals surface area contributed by atoms with E-state index in [0.717, 1.165) is 10.0 Å². The molecule has 4 rings (SSSR count). The standard InChI is InChI=1S/C23H21BrCl2N4O4S/c1-23(12-14-4-6-15(24)7-5-14)21(32)29(18-10-16(25)9-17(26)11-18)22-28-13-20(30(22)23)35(33,34)8-2-3-19(27)31/h4-7,9-11,13H,2-3,8,12H2,1H3,(H2,27,31). The Labute approximate surface area is 221 Å². The second kappa shape index (κ2) is 9.57. The Balaban J connectivity index is 1.86. The Bertz CT molecular complexity index is 1410. The summed E-state index contributed by atoms with van der Waals surface area (Å²) in [7, 11) is -3.90. The van der Waals surface area contributed by atoms with Crippen molar-refractivity contribution in [1.29, 1.82) is 0 Å². The van der Waals surface area contributed by atoms with Gasteiger partial charge in [0, 0.05) is 27.4 Å². The minimum Gasteiger partial charge on any atom is -0.370 e. The summed E-state index contributed by atoms with van der Waals surface area (Å²) in [6.45, 7) is 1.68. The average molecular weight is 600 g/mol. The molecule has 8 nitrogen and oxygen atoms in total. The second-order valence-electron chi connectivity index (χ2n) is 8.47. The summed E-state index contributed by atoms with van der Waals surface area (Å²) in [5, 5.41) is 0.527. The lowest BCUT2D eigenvalue weighted by Crippen LogP contribution is -2.42. The molecule has 2 aromatic carbocycles. The molecule has 184 valence electrons. The fraction of sp³-hybridized carbons (Fsp3) is 0.261. The first kappa shape index (κ1) is 25.7. The number of hydrogen-bond donors (Lipinski definition) is 1. The third kappa shape index (κ3) is 4.97. The van der Waals surface area contributed by atoms with Gasteiger partial charge in [0.15, 0.2) is 14.9 Å². The van der Waals surface area contributed by atoms with Crippen molar-refractivity contribution in [3.8, 4) is 0 Å². The molecule has 0 fully saturated rings. The fourth-order valence-corrected chi connectivity index (χ4v) is 6.48. The molecule has 2 N–H and O–H groups in total. The molecular formula is C23H21BrCl2N4O4S. The highest BCUT2D eigenvalue weighted by Crippen LogP contribution is 2.44. The third-order valence-corrected chi connectivity index (χ3v) is 8.51. The number of nitrogens with two attached hydrogens (primary N) is 1. The van der Waals surface area contributed by atoms with E-state index in [1.165, 1.54) is 21.7 Å². The highest BCUT2D eigenvalue weighted by Gasteiger charge is 2.51. The van der Waals surface area contributed by atoms with Gasteiger partial charge >= 0.3 is 0 Å². The zero-order valence-corrected chi connectivity index (χ0v) is 22.5. The Morgan fingerprint density at radius 1 is 1.14 bits per heavy atom. The van der Waals surface area contributed by atoms with Gasteiger partial charge in [-0.1, -0.05) is 51.3 Å². The molecule has 12 heteroatoms. The maximum Gasteiger partial charge on any atom is 0.260 e. The minimum absolute atomic E-state index is 0.0587. The van der Waals surface area contributed by atoms with E-state index in [0.29, 0.717) is 15.7 Å². The van der Waals surface area contributed by atoms with E-state index >= 15 is 0 Å². The molecule has 0 saturated carbocycles. The van der Waals surface area contributed by atoms with Gasteiger partial charge in [0.1, 0.15) is 5.54 Å². The van der Waals surface area contributed by atoms with Crippen molar-refractivity contribution in [3.05, 3.63) is 68.7 Å². The number of anilines is 2. The molecule has 3 aromatic rings. The summed E-state index contributed by atoms with van der Waals surface area (Å²) in [6.07, 6.45) is 1.43. The monoisotopic (exact) mass is 598 g/mol. The lowest BCUT2D eigenvalue weighted by molar-refractivity contribution is -0.124. The topological polar surface area (TPSA) is 115 Å². The van der Waals surface area contributed by atoms with Crippen molar-refractivity contribution in [2.45, 2.75) is 36.8 Å². The molecule has 0 aliphatic carbocycles. The molecule has 1 aromatic heterocycles. The Kier molecular flexibility index (Phi) is 7.02. The van der Waals surface area contributed by atoms with Gasteiger partial charge in [-0.25, -0.2) is 18.3 Å². The van der Waals surface area contributed by atoms with E-state index in [2.05, 4.69) is 20.9 Å². The molecule has 1 atom stereocenters. The first-order valence-electron chi connectivity index (χ1n) is 10.6. The smallest absolute Gasteiger partial charge is 0.260 e. The number of imidazole rings is 1. The van der Waals surface area contributed by atoms with Gasteiger partial charge in [0.25, 0.3) is 5.91 Å². The first-order chi connectivity index (χ1) is 16.4. The summed E-state index contributed by atoms with van der Waals surface area (Å²) in [5.74, 6) is -1.14. The maximum atomic E-state index is 13.9. The number of rotatable bonds is 8. The SMILES string of the molecule is CC1(Cc2ccc(Br)cc2)C(=O)N(c2cc(Cl)cc(Cl)c2)c2ncc(S(=O)(=O)CCCC(N)=O)n21. The number of carbonyl (C=O) groups is 2. The lowest BCUT2D eigenvalue weighted by Gasteiger charge is -2.26.